The Balaban J connectivity index is 1.66. The number of nitrogens with one attached hydrogen (secondary N) is 2. The molecule has 3 rings (SSSR count). The zero-order chi connectivity index (χ0) is 14.9. The molecule has 1 aliphatic carbocycles. The van der Waals surface area contributed by atoms with E-state index in [0.717, 1.165) is 30.3 Å². The number of hydrogen-bond acceptors (Lipinski definition) is 3. The van der Waals surface area contributed by atoms with E-state index in [1.54, 1.807) is 24.5 Å². The molecule has 1 amide bonds. The second-order valence-corrected chi connectivity index (χ2v) is 5.74. The quantitative estimate of drug-likeness (QED) is 0.783. The zero-order valence-corrected chi connectivity index (χ0v) is 11.6. The number of fused-ring (bicyclic) bond motifs is 1. The van der Waals surface area contributed by atoms with E-state index in [1.165, 1.54) is 0 Å². The normalized spacial score (nSPS) is 16.4. The number of aliphatic carboxylic acids is 1. The minimum atomic E-state index is -0.803. The third-order valence-electron chi connectivity index (χ3n) is 4.25. The van der Waals surface area contributed by atoms with Crippen molar-refractivity contribution < 1.29 is 14.7 Å². The molecule has 1 heterocycles. The number of amides is 1. The van der Waals surface area contributed by atoms with Crippen molar-refractivity contribution in [3.63, 3.8) is 0 Å². The number of rotatable bonds is 5. The Labute approximate surface area is 121 Å². The summed E-state index contributed by atoms with van der Waals surface area (Å²) in [5.41, 5.74) is 1.91. The first-order valence-electron chi connectivity index (χ1n) is 7.01. The van der Waals surface area contributed by atoms with E-state index >= 15 is 0 Å². The van der Waals surface area contributed by atoms with Crippen molar-refractivity contribution >= 4 is 22.9 Å². The minimum Gasteiger partial charge on any atom is -0.481 e. The molecule has 1 aliphatic rings. The lowest BCUT2D eigenvalue weighted by atomic mass is 9.66. The van der Waals surface area contributed by atoms with Crippen molar-refractivity contribution in [3.05, 3.63) is 30.1 Å². The number of aromatic amines is 1. The van der Waals surface area contributed by atoms with Gasteiger partial charge in [0.2, 0.25) is 0 Å². The van der Waals surface area contributed by atoms with Crippen LogP contribution >= 0.6 is 0 Å². The van der Waals surface area contributed by atoms with Gasteiger partial charge in [0, 0.05) is 12.1 Å². The Morgan fingerprint density at radius 2 is 2.19 bits per heavy atom. The highest BCUT2D eigenvalue weighted by Gasteiger charge is 2.39. The maximum atomic E-state index is 12.2. The third-order valence-corrected chi connectivity index (χ3v) is 4.25. The number of carbonyl (C=O) groups excluding carboxylic acids is 1. The van der Waals surface area contributed by atoms with Gasteiger partial charge in [-0.15, -0.1) is 0 Å². The van der Waals surface area contributed by atoms with Gasteiger partial charge in [0.1, 0.15) is 0 Å². The molecule has 3 N–H and O–H groups in total. The Kier molecular flexibility index (Phi) is 3.37. The summed E-state index contributed by atoms with van der Waals surface area (Å²) in [6, 6.07) is 5.27. The molecule has 0 unspecified atom stereocenters. The van der Waals surface area contributed by atoms with Crippen LogP contribution in [-0.2, 0) is 4.79 Å². The summed E-state index contributed by atoms with van der Waals surface area (Å²) in [6.07, 6.45) is 4.46. The number of carboxylic acid groups (broad SMARTS) is 1. The van der Waals surface area contributed by atoms with E-state index in [9.17, 15) is 9.59 Å². The Bertz CT molecular complexity index is 688. The van der Waals surface area contributed by atoms with Gasteiger partial charge in [-0.2, -0.15) is 0 Å². The zero-order valence-electron chi connectivity index (χ0n) is 11.6. The first-order valence-corrected chi connectivity index (χ1v) is 7.01. The summed E-state index contributed by atoms with van der Waals surface area (Å²) < 4.78 is 0. The van der Waals surface area contributed by atoms with Crippen LogP contribution in [0.4, 0.5) is 0 Å². The molecule has 0 aliphatic heterocycles. The van der Waals surface area contributed by atoms with Crippen molar-refractivity contribution in [1.82, 2.24) is 15.3 Å². The fourth-order valence-corrected chi connectivity index (χ4v) is 2.86. The van der Waals surface area contributed by atoms with Crippen LogP contribution in [-0.4, -0.2) is 33.5 Å². The van der Waals surface area contributed by atoms with E-state index in [0.29, 0.717) is 12.1 Å². The minimum absolute atomic E-state index is 0.118. The van der Waals surface area contributed by atoms with Crippen LogP contribution in [0.15, 0.2) is 24.5 Å². The van der Waals surface area contributed by atoms with Gasteiger partial charge in [0.15, 0.2) is 0 Å². The average Bonchev–Trinajstić information content (AvgIpc) is 2.88. The molecule has 6 heteroatoms. The largest absolute Gasteiger partial charge is 0.481 e. The molecule has 6 nitrogen and oxygen atoms in total. The van der Waals surface area contributed by atoms with E-state index in [1.807, 2.05) is 0 Å². The van der Waals surface area contributed by atoms with Crippen LogP contribution in [0.2, 0.25) is 0 Å². The average molecular weight is 287 g/mol. The number of aromatic nitrogens is 2. The molecule has 0 radical (unpaired) electrons. The van der Waals surface area contributed by atoms with E-state index < -0.39 is 5.97 Å². The molecular weight excluding hydrogens is 270 g/mol. The summed E-state index contributed by atoms with van der Waals surface area (Å²) in [7, 11) is 0. The van der Waals surface area contributed by atoms with E-state index in [4.69, 9.17) is 5.11 Å². The smallest absolute Gasteiger partial charge is 0.303 e. The summed E-state index contributed by atoms with van der Waals surface area (Å²) in [5.74, 6) is -0.981. The summed E-state index contributed by atoms with van der Waals surface area (Å²) in [4.78, 5) is 30.2. The van der Waals surface area contributed by atoms with Gasteiger partial charge in [-0.1, -0.05) is 6.42 Å². The number of carbonyl (C=O) groups is 2. The Hall–Kier alpha value is -2.37. The number of imidazole rings is 1. The highest BCUT2D eigenvalue weighted by Crippen LogP contribution is 2.43. The van der Waals surface area contributed by atoms with Crippen LogP contribution in [0.3, 0.4) is 0 Å². The van der Waals surface area contributed by atoms with E-state index in [2.05, 4.69) is 15.3 Å². The second kappa shape index (κ2) is 5.20. The fraction of sp³-hybridized carbons (Fsp3) is 0.400. The summed E-state index contributed by atoms with van der Waals surface area (Å²) in [6.45, 7) is 0.416. The highest BCUT2D eigenvalue weighted by atomic mass is 16.4. The van der Waals surface area contributed by atoms with Gasteiger partial charge < -0.3 is 15.4 Å². The monoisotopic (exact) mass is 287 g/mol. The van der Waals surface area contributed by atoms with Gasteiger partial charge >= 0.3 is 5.97 Å². The molecule has 21 heavy (non-hydrogen) atoms. The van der Waals surface area contributed by atoms with Crippen LogP contribution in [0, 0.1) is 5.41 Å². The van der Waals surface area contributed by atoms with Crippen molar-refractivity contribution in [3.8, 4) is 0 Å². The first-order chi connectivity index (χ1) is 10.1. The first kappa shape index (κ1) is 13.6. The maximum absolute atomic E-state index is 12.2. The Morgan fingerprint density at radius 3 is 2.86 bits per heavy atom. The lowest BCUT2D eigenvalue weighted by molar-refractivity contribution is -0.141. The maximum Gasteiger partial charge on any atom is 0.303 e. The molecule has 1 saturated carbocycles. The van der Waals surface area contributed by atoms with Crippen molar-refractivity contribution in [2.24, 2.45) is 5.41 Å². The van der Waals surface area contributed by atoms with Crippen molar-refractivity contribution in [2.45, 2.75) is 25.7 Å². The molecule has 1 aromatic heterocycles. The topological polar surface area (TPSA) is 95.1 Å². The van der Waals surface area contributed by atoms with E-state index in [-0.39, 0.29) is 17.7 Å². The highest BCUT2D eigenvalue weighted by molar-refractivity contribution is 5.97. The lowest BCUT2D eigenvalue weighted by Gasteiger charge is -2.40. The van der Waals surface area contributed by atoms with Gasteiger partial charge in [-0.05, 0) is 36.5 Å². The van der Waals surface area contributed by atoms with Gasteiger partial charge in [-0.3, -0.25) is 9.59 Å². The predicted octanol–water partition coefficient (Wildman–Crippen LogP) is 1.94. The standard InChI is InChI=1S/C15H17N3O3/c19-13(20)7-15(4-1-5-15)8-16-14(21)10-2-3-11-12(6-10)18-9-17-11/h2-3,6,9H,1,4-5,7-8H2,(H,16,21)(H,17,18)(H,19,20). The van der Waals surface area contributed by atoms with Gasteiger partial charge in [0.05, 0.1) is 23.8 Å². The van der Waals surface area contributed by atoms with Gasteiger partial charge in [-0.25, -0.2) is 4.98 Å². The predicted molar refractivity (Wildman–Crippen MR) is 77.0 cm³/mol. The molecule has 0 spiro atoms. The molecule has 2 aromatic rings. The molecular formula is C15H17N3O3. The third kappa shape index (κ3) is 2.74. The van der Waals surface area contributed by atoms with Gasteiger partial charge in [0.25, 0.3) is 5.91 Å². The number of benzene rings is 1. The van der Waals surface area contributed by atoms with Crippen LogP contribution in [0.1, 0.15) is 36.0 Å². The van der Waals surface area contributed by atoms with Crippen LogP contribution in [0.5, 0.6) is 0 Å². The fourth-order valence-electron chi connectivity index (χ4n) is 2.86. The second-order valence-electron chi connectivity index (χ2n) is 5.74. The Morgan fingerprint density at radius 1 is 1.38 bits per heavy atom. The summed E-state index contributed by atoms with van der Waals surface area (Å²) in [5, 5.41) is 11.8. The number of hydrogen-bond donors (Lipinski definition) is 3. The number of nitrogens with zero attached hydrogens (tertiary/aromatic N) is 1. The molecule has 110 valence electrons. The van der Waals surface area contributed by atoms with Crippen molar-refractivity contribution in [2.75, 3.05) is 6.54 Å². The molecule has 0 atom stereocenters. The van der Waals surface area contributed by atoms with Crippen LogP contribution in [0.25, 0.3) is 11.0 Å². The molecule has 1 fully saturated rings. The summed E-state index contributed by atoms with van der Waals surface area (Å²) >= 11 is 0. The number of H-pyrrole nitrogens is 1. The molecule has 0 saturated heterocycles. The molecule has 1 aromatic carbocycles. The SMILES string of the molecule is O=C(O)CC1(CNC(=O)c2ccc3nc[nH]c3c2)CCC1. The number of carboxylic acids is 1. The molecule has 0 bridgehead atoms. The van der Waals surface area contributed by atoms with Crippen LogP contribution < -0.4 is 5.32 Å². The lowest BCUT2D eigenvalue weighted by Crippen LogP contribution is -2.43. The van der Waals surface area contributed by atoms with Crippen molar-refractivity contribution in [1.29, 1.82) is 0 Å².